The lowest BCUT2D eigenvalue weighted by molar-refractivity contribution is 0.0729. The highest BCUT2D eigenvalue weighted by molar-refractivity contribution is 5.96. The zero-order valence-corrected chi connectivity index (χ0v) is 12.2. The summed E-state index contributed by atoms with van der Waals surface area (Å²) in [4.78, 5) is 30.3. The molecule has 2 aromatic heterocycles. The molecule has 3 heterocycles. The van der Waals surface area contributed by atoms with Gasteiger partial charge >= 0.3 is 0 Å². The molecule has 114 valence electrons. The molecule has 1 fully saturated rings. The molecule has 0 aromatic carbocycles. The van der Waals surface area contributed by atoms with Crippen molar-refractivity contribution in [3.8, 4) is 0 Å². The fraction of sp³-hybridized carbons (Fsp3) is 0.333. The van der Waals surface area contributed by atoms with E-state index < -0.39 is 0 Å². The Balaban J connectivity index is 1.90. The number of likely N-dealkylation sites (tertiary alicyclic amines) is 1. The van der Waals surface area contributed by atoms with Gasteiger partial charge in [0.1, 0.15) is 0 Å². The first-order valence-corrected chi connectivity index (χ1v) is 7.18. The first-order valence-electron chi connectivity index (χ1n) is 7.18. The molecule has 2 N–H and O–H groups in total. The molecule has 1 atom stereocenters. The molecular formula is C15H17N5O2. The molecule has 0 unspecified atom stereocenters. The largest absolute Gasteiger partial charge is 0.355 e. The maximum absolute atomic E-state index is 12.7. The molecule has 1 aliphatic rings. The fourth-order valence-electron chi connectivity index (χ4n) is 2.83. The van der Waals surface area contributed by atoms with Crippen LogP contribution in [0.3, 0.4) is 0 Å². The Morgan fingerprint density at radius 2 is 2.27 bits per heavy atom. The van der Waals surface area contributed by atoms with Crippen LogP contribution in [0.4, 0.5) is 0 Å². The molecule has 0 spiro atoms. The van der Waals surface area contributed by atoms with E-state index in [2.05, 4.69) is 20.5 Å². The first kappa shape index (κ1) is 14.2. The zero-order chi connectivity index (χ0) is 15.5. The normalized spacial score (nSPS) is 17.5. The van der Waals surface area contributed by atoms with Crippen LogP contribution in [0, 0.1) is 0 Å². The Morgan fingerprint density at radius 1 is 1.41 bits per heavy atom. The van der Waals surface area contributed by atoms with Gasteiger partial charge in [0.2, 0.25) is 0 Å². The van der Waals surface area contributed by atoms with Crippen molar-refractivity contribution in [1.29, 1.82) is 0 Å². The van der Waals surface area contributed by atoms with Crippen LogP contribution in [-0.2, 0) is 0 Å². The van der Waals surface area contributed by atoms with Crippen molar-refractivity contribution in [3.05, 3.63) is 47.5 Å². The van der Waals surface area contributed by atoms with E-state index >= 15 is 0 Å². The SMILES string of the molecule is CNC(=O)c1cn[nH]c1[C@@H]1CCCN1C(=O)c1cccnc1. The number of H-pyrrole nitrogens is 1. The van der Waals surface area contributed by atoms with Crippen molar-refractivity contribution in [1.82, 2.24) is 25.4 Å². The second kappa shape index (κ2) is 5.97. The summed E-state index contributed by atoms with van der Waals surface area (Å²) in [6.07, 6.45) is 6.39. The monoisotopic (exact) mass is 299 g/mol. The summed E-state index contributed by atoms with van der Waals surface area (Å²) in [7, 11) is 1.58. The summed E-state index contributed by atoms with van der Waals surface area (Å²) in [6.45, 7) is 0.657. The van der Waals surface area contributed by atoms with Gasteiger partial charge in [-0.2, -0.15) is 5.10 Å². The number of pyridine rings is 1. The van der Waals surface area contributed by atoms with Crippen LogP contribution in [0.25, 0.3) is 0 Å². The van der Waals surface area contributed by atoms with Crippen molar-refractivity contribution >= 4 is 11.8 Å². The molecule has 7 nitrogen and oxygen atoms in total. The van der Waals surface area contributed by atoms with E-state index in [1.165, 1.54) is 6.20 Å². The molecule has 2 aromatic rings. The second-order valence-electron chi connectivity index (χ2n) is 5.17. The third-order valence-electron chi connectivity index (χ3n) is 3.90. The van der Waals surface area contributed by atoms with Gasteiger partial charge in [0.25, 0.3) is 11.8 Å². The minimum Gasteiger partial charge on any atom is -0.355 e. The molecule has 0 saturated carbocycles. The molecule has 22 heavy (non-hydrogen) atoms. The molecular weight excluding hydrogens is 282 g/mol. The van der Waals surface area contributed by atoms with Crippen molar-refractivity contribution in [2.45, 2.75) is 18.9 Å². The van der Waals surface area contributed by atoms with E-state index in [4.69, 9.17) is 0 Å². The molecule has 0 aliphatic carbocycles. The number of aromatic nitrogens is 3. The maximum atomic E-state index is 12.7. The van der Waals surface area contributed by atoms with Gasteiger partial charge in [-0.05, 0) is 25.0 Å². The Morgan fingerprint density at radius 3 is 3.00 bits per heavy atom. The molecule has 2 amide bonds. The van der Waals surface area contributed by atoms with Crippen LogP contribution in [0.15, 0.2) is 30.7 Å². The van der Waals surface area contributed by atoms with Crippen LogP contribution < -0.4 is 5.32 Å². The van der Waals surface area contributed by atoms with Crippen molar-refractivity contribution in [2.75, 3.05) is 13.6 Å². The highest BCUT2D eigenvalue weighted by Gasteiger charge is 2.34. The highest BCUT2D eigenvalue weighted by Crippen LogP contribution is 2.33. The molecule has 0 bridgehead atoms. The minimum absolute atomic E-state index is 0.0759. The Labute approximate surface area is 127 Å². The number of carbonyl (C=O) groups is 2. The van der Waals surface area contributed by atoms with Crippen LogP contribution in [-0.4, -0.2) is 45.5 Å². The summed E-state index contributed by atoms with van der Waals surface area (Å²) in [5.74, 6) is -0.280. The Bertz CT molecular complexity index is 682. The third kappa shape index (κ3) is 2.45. The third-order valence-corrected chi connectivity index (χ3v) is 3.90. The number of hydrogen-bond donors (Lipinski definition) is 2. The van der Waals surface area contributed by atoms with Crippen molar-refractivity contribution in [3.63, 3.8) is 0 Å². The smallest absolute Gasteiger partial charge is 0.255 e. The van der Waals surface area contributed by atoms with Gasteiger partial charge in [0, 0.05) is 26.0 Å². The van der Waals surface area contributed by atoms with E-state index in [0.29, 0.717) is 23.4 Å². The summed E-state index contributed by atoms with van der Waals surface area (Å²) >= 11 is 0. The molecule has 7 heteroatoms. The van der Waals surface area contributed by atoms with E-state index in [-0.39, 0.29) is 17.9 Å². The second-order valence-corrected chi connectivity index (χ2v) is 5.17. The summed E-state index contributed by atoms with van der Waals surface area (Å²) < 4.78 is 0. The molecule has 0 radical (unpaired) electrons. The Hall–Kier alpha value is -2.70. The van der Waals surface area contributed by atoms with E-state index in [0.717, 1.165) is 12.8 Å². The van der Waals surface area contributed by atoms with Gasteiger partial charge in [0.05, 0.1) is 29.1 Å². The predicted molar refractivity (Wildman–Crippen MR) is 79.2 cm³/mol. The van der Waals surface area contributed by atoms with Gasteiger partial charge in [0.15, 0.2) is 0 Å². The van der Waals surface area contributed by atoms with Gasteiger partial charge in [-0.1, -0.05) is 0 Å². The number of aromatic amines is 1. The molecule has 1 aliphatic heterocycles. The number of nitrogens with zero attached hydrogens (tertiary/aromatic N) is 3. The quantitative estimate of drug-likeness (QED) is 0.889. The lowest BCUT2D eigenvalue weighted by atomic mass is 10.1. The van der Waals surface area contributed by atoms with Crippen LogP contribution in [0.5, 0.6) is 0 Å². The lowest BCUT2D eigenvalue weighted by Gasteiger charge is -2.24. The van der Waals surface area contributed by atoms with E-state index in [9.17, 15) is 9.59 Å². The number of rotatable bonds is 3. The summed E-state index contributed by atoms with van der Waals surface area (Å²) in [5, 5.41) is 9.44. The van der Waals surface area contributed by atoms with Crippen molar-refractivity contribution < 1.29 is 9.59 Å². The number of amides is 2. The maximum Gasteiger partial charge on any atom is 0.255 e. The zero-order valence-electron chi connectivity index (χ0n) is 12.2. The standard InChI is InChI=1S/C15H17N5O2/c1-16-14(21)11-9-18-19-13(11)12-5-3-7-20(12)15(22)10-4-2-6-17-8-10/h2,4,6,8-9,12H,3,5,7H2,1H3,(H,16,21)(H,18,19)/t12-/m0/s1. The highest BCUT2D eigenvalue weighted by atomic mass is 16.2. The number of hydrogen-bond acceptors (Lipinski definition) is 4. The van der Waals surface area contributed by atoms with Crippen LogP contribution >= 0.6 is 0 Å². The average molecular weight is 299 g/mol. The Kier molecular flexibility index (Phi) is 3.86. The fourth-order valence-corrected chi connectivity index (χ4v) is 2.83. The minimum atomic E-state index is -0.204. The van der Waals surface area contributed by atoms with Gasteiger partial charge in [-0.15, -0.1) is 0 Å². The topological polar surface area (TPSA) is 91.0 Å². The van der Waals surface area contributed by atoms with Gasteiger partial charge in [-0.25, -0.2) is 0 Å². The molecule has 3 rings (SSSR count). The van der Waals surface area contributed by atoms with E-state index in [1.54, 1.807) is 36.5 Å². The summed E-state index contributed by atoms with van der Waals surface area (Å²) in [5.41, 5.74) is 1.72. The van der Waals surface area contributed by atoms with Crippen molar-refractivity contribution in [2.24, 2.45) is 0 Å². The number of nitrogens with one attached hydrogen (secondary N) is 2. The predicted octanol–water partition coefficient (Wildman–Crippen LogP) is 1.14. The average Bonchev–Trinajstić information content (AvgIpc) is 3.22. The number of carbonyl (C=O) groups excluding carboxylic acids is 2. The van der Waals surface area contributed by atoms with Gasteiger partial charge in [-0.3, -0.25) is 19.7 Å². The lowest BCUT2D eigenvalue weighted by Crippen LogP contribution is -2.32. The summed E-state index contributed by atoms with van der Waals surface area (Å²) in [6, 6.07) is 3.32. The molecule has 1 saturated heterocycles. The van der Waals surface area contributed by atoms with Gasteiger partial charge < -0.3 is 10.2 Å². The van der Waals surface area contributed by atoms with E-state index in [1.807, 2.05) is 0 Å². The van der Waals surface area contributed by atoms with Crippen LogP contribution in [0.1, 0.15) is 45.3 Å². The first-order chi connectivity index (χ1) is 10.7. The van der Waals surface area contributed by atoms with Crippen LogP contribution in [0.2, 0.25) is 0 Å².